The molecule has 0 atom stereocenters. The normalized spacial score (nSPS) is 12.1. The maximum Gasteiger partial charge on any atom is 0.0636 e. The van der Waals surface area contributed by atoms with Crippen molar-refractivity contribution in [3.8, 4) is 0 Å². The quantitative estimate of drug-likeness (QED) is 0.636. The Morgan fingerprint density at radius 3 is 1.91 bits per heavy atom. The van der Waals surface area contributed by atoms with E-state index in [1.165, 1.54) is 22.3 Å². The minimum Gasteiger partial charge on any atom is -0.255 e. The summed E-state index contributed by atoms with van der Waals surface area (Å²) in [6, 6.07) is 12.5. The lowest BCUT2D eigenvalue weighted by Crippen LogP contribution is -1.96. The molecule has 114 valence electrons. The number of aryl methyl sites for hydroxylation is 4. The maximum atomic E-state index is 4.70. The van der Waals surface area contributed by atoms with Crippen LogP contribution in [0.3, 0.4) is 0 Å². The fraction of sp³-hybridized carbons (Fsp3) is 0.300. The van der Waals surface area contributed by atoms with Crippen LogP contribution in [-0.2, 0) is 0 Å². The van der Waals surface area contributed by atoms with Gasteiger partial charge in [0.25, 0.3) is 0 Å². The van der Waals surface area contributed by atoms with Crippen molar-refractivity contribution < 1.29 is 0 Å². The van der Waals surface area contributed by atoms with Gasteiger partial charge in [0.1, 0.15) is 0 Å². The van der Waals surface area contributed by atoms with E-state index in [2.05, 4.69) is 69.9 Å². The highest BCUT2D eigenvalue weighted by Crippen LogP contribution is 2.19. The topological polar surface area (TPSA) is 24.7 Å². The van der Waals surface area contributed by atoms with E-state index in [1.54, 1.807) is 0 Å². The van der Waals surface area contributed by atoms with E-state index < -0.39 is 0 Å². The Kier molecular flexibility index (Phi) is 5.26. The number of hydrogen-bond donors (Lipinski definition) is 0. The molecule has 0 aliphatic carbocycles. The van der Waals surface area contributed by atoms with E-state index in [-0.39, 0.29) is 0 Å². The smallest absolute Gasteiger partial charge is 0.0636 e. The molecule has 0 aromatic heterocycles. The fourth-order valence-corrected chi connectivity index (χ4v) is 2.12. The van der Waals surface area contributed by atoms with Crippen LogP contribution >= 0.6 is 0 Å². The predicted octanol–water partition coefficient (Wildman–Crippen LogP) is 5.81. The molecule has 2 aromatic rings. The molecule has 0 bridgehead atoms. The molecule has 0 aliphatic heterocycles. The van der Waals surface area contributed by atoms with Gasteiger partial charge >= 0.3 is 0 Å². The minimum absolute atomic E-state index is 0.862. The van der Waals surface area contributed by atoms with Crippen molar-refractivity contribution in [3.05, 3.63) is 58.7 Å². The highest BCUT2D eigenvalue weighted by molar-refractivity contribution is 6.31. The Hall–Kier alpha value is -2.22. The molecular weight excluding hydrogens is 268 g/mol. The molecule has 2 nitrogen and oxygen atoms in total. The molecule has 0 radical (unpaired) electrons. The van der Waals surface area contributed by atoms with Crippen LogP contribution in [0.25, 0.3) is 0 Å². The van der Waals surface area contributed by atoms with E-state index in [0.717, 1.165) is 23.5 Å². The third-order valence-corrected chi connectivity index (χ3v) is 3.98. The lowest BCUT2D eigenvalue weighted by Gasteiger charge is -2.03. The third-order valence-electron chi connectivity index (χ3n) is 3.98. The van der Waals surface area contributed by atoms with Crippen molar-refractivity contribution >= 4 is 23.3 Å². The highest BCUT2D eigenvalue weighted by Gasteiger charge is 1.98. The van der Waals surface area contributed by atoms with Crippen molar-refractivity contribution in [1.82, 2.24) is 0 Å². The summed E-state index contributed by atoms with van der Waals surface area (Å²) in [5.41, 5.74) is 8.07. The van der Waals surface area contributed by atoms with E-state index in [1.807, 2.05) is 12.3 Å². The summed E-state index contributed by atoms with van der Waals surface area (Å²) in [5.74, 6) is 0. The van der Waals surface area contributed by atoms with Crippen LogP contribution in [0.15, 0.2) is 46.4 Å². The van der Waals surface area contributed by atoms with Crippen LogP contribution in [-0.4, -0.2) is 11.9 Å². The molecule has 0 heterocycles. The fourth-order valence-electron chi connectivity index (χ4n) is 2.12. The predicted molar refractivity (Wildman–Crippen MR) is 97.4 cm³/mol. The lowest BCUT2D eigenvalue weighted by molar-refractivity contribution is 1.28. The summed E-state index contributed by atoms with van der Waals surface area (Å²) in [6.45, 7) is 10.6. The summed E-state index contributed by atoms with van der Waals surface area (Å²) in [6.07, 6.45) is 2.74. The van der Waals surface area contributed by atoms with Crippen molar-refractivity contribution in [3.63, 3.8) is 0 Å². The van der Waals surface area contributed by atoms with Gasteiger partial charge in [-0.3, -0.25) is 9.98 Å². The largest absolute Gasteiger partial charge is 0.255 e. The first-order chi connectivity index (χ1) is 10.5. The maximum absolute atomic E-state index is 4.70. The molecule has 0 fully saturated rings. The van der Waals surface area contributed by atoms with Crippen LogP contribution in [0.1, 0.15) is 35.6 Å². The second-order valence-electron chi connectivity index (χ2n) is 5.75. The van der Waals surface area contributed by atoms with Crippen LogP contribution in [0.4, 0.5) is 11.4 Å². The second-order valence-corrected chi connectivity index (χ2v) is 5.75. The van der Waals surface area contributed by atoms with Crippen LogP contribution in [0.2, 0.25) is 0 Å². The number of benzene rings is 2. The van der Waals surface area contributed by atoms with Crippen molar-refractivity contribution in [2.45, 2.75) is 41.0 Å². The van der Waals surface area contributed by atoms with Crippen LogP contribution in [0.5, 0.6) is 0 Å². The van der Waals surface area contributed by atoms with Crippen LogP contribution < -0.4 is 0 Å². The average molecular weight is 292 g/mol. The average Bonchev–Trinajstić information content (AvgIpc) is 2.50. The number of rotatable bonds is 4. The number of hydrogen-bond acceptors (Lipinski definition) is 2. The van der Waals surface area contributed by atoms with E-state index in [0.29, 0.717) is 0 Å². The van der Waals surface area contributed by atoms with Gasteiger partial charge in [-0.1, -0.05) is 19.1 Å². The third kappa shape index (κ3) is 4.14. The molecule has 0 saturated heterocycles. The van der Waals surface area contributed by atoms with Crippen LogP contribution in [0, 0.1) is 27.7 Å². The molecule has 2 aromatic carbocycles. The van der Waals surface area contributed by atoms with Gasteiger partial charge in [0, 0.05) is 6.21 Å². The molecule has 0 N–H and O–H groups in total. The van der Waals surface area contributed by atoms with Crippen molar-refractivity contribution in [2.75, 3.05) is 0 Å². The first kappa shape index (κ1) is 16.2. The highest BCUT2D eigenvalue weighted by atomic mass is 14.8. The first-order valence-corrected chi connectivity index (χ1v) is 7.75. The molecule has 2 heteroatoms. The van der Waals surface area contributed by atoms with Gasteiger partial charge in [-0.05, 0) is 80.6 Å². The zero-order valence-electron chi connectivity index (χ0n) is 14.1. The van der Waals surface area contributed by atoms with Gasteiger partial charge in [-0.25, -0.2) is 0 Å². The van der Waals surface area contributed by atoms with Crippen molar-refractivity contribution in [2.24, 2.45) is 9.98 Å². The summed E-state index contributed by atoms with van der Waals surface area (Å²) in [7, 11) is 0. The van der Waals surface area contributed by atoms with Crippen molar-refractivity contribution in [1.29, 1.82) is 0 Å². The first-order valence-electron chi connectivity index (χ1n) is 7.75. The van der Waals surface area contributed by atoms with Gasteiger partial charge in [0.2, 0.25) is 0 Å². The number of nitrogens with zero attached hydrogens (tertiary/aromatic N) is 2. The zero-order valence-corrected chi connectivity index (χ0v) is 14.1. The zero-order chi connectivity index (χ0) is 16.1. The Labute approximate surface area is 133 Å². The summed E-state index contributed by atoms with van der Waals surface area (Å²) >= 11 is 0. The molecular formula is C20H24N2. The second kappa shape index (κ2) is 7.17. The summed E-state index contributed by atoms with van der Waals surface area (Å²) in [4.78, 5) is 9.26. The SMILES string of the molecule is CCC(C=Nc1ccc(C)c(C)c1)=Nc1ccc(C)c(C)c1. The Bertz CT molecular complexity index is 724. The van der Waals surface area contributed by atoms with E-state index in [4.69, 9.17) is 4.99 Å². The molecule has 0 unspecified atom stereocenters. The summed E-state index contributed by atoms with van der Waals surface area (Å²) < 4.78 is 0. The van der Waals surface area contributed by atoms with Gasteiger partial charge in [-0.2, -0.15) is 0 Å². The van der Waals surface area contributed by atoms with E-state index in [9.17, 15) is 0 Å². The standard InChI is InChI=1S/C20H24N2/c1-6-18(22-20-10-8-15(3)17(5)12-20)13-21-19-9-7-14(2)16(4)11-19/h7-13H,6H2,1-5H3. The summed E-state index contributed by atoms with van der Waals surface area (Å²) in [5, 5.41) is 0. The lowest BCUT2D eigenvalue weighted by atomic mass is 10.1. The van der Waals surface area contributed by atoms with E-state index >= 15 is 0 Å². The Morgan fingerprint density at radius 1 is 0.818 bits per heavy atom. The van der Waals surface area contributed by atoms with Gasteiger partial charge < -0.3 is 0 Å². The Balaban J connectivity index is 2.23. The van der Waals surface area contributed by atoms with Gasteiger partial charge in [0.05, 0.1) is 17.1 Å². The molecule has 0 aliphatic rings. The number of aliphatic imine (C=N–C) groups is 2. The van der Waals surface area contributed by atoms with Gasteiger partial charge in [0.15, 0.2) is 0 Å². The Morgan fingerprint density at radius 2 is 1.36 bits per heavy atom. The molecule has 0 spiro atoms. The minimum atomic E-state index is 0.862. The molecule has 0 saturated carbocycles. The van der Waals surface area contributed by atoms with Gasteiger partial charge in [-0.15, -0.1) is 0 Å². The molecule has 2 rings (SSSR count). The molecule has 0 amide bonds. The molecule has 22 heavy (non-hydrogen) atoms. The monoisotopic (exact) mass is 292 g/mol.